The third kappa shape index (κ3) is 21.6. The molecule has 3 N–H and O–H groups in total. The Morgan fingerprint density at radius 3 is 1.60 bits per heavy atom. The van der Waals surface area contributed by atoms with Crippen molar-refractivity contribution in [2.75, 3.05) is 21.3 Å². The molecule has 302 valence electrons. The number of aliphatic carboxylic acids is 3. The molecular formula is C40H70O12. The molecule has 0 rings (SSSR count). The monoisotopic (exact) mass is 742 g/mol. The second-order valence-electron chi connectivity index (χ2n) is 14.4. The standard InChI is InChI=1S/C17H28O4.C12H22O4.C11H20O4/c1-6-12(2)8-7-9-13(3)10-14(4)15(17(19)20)11-16(18)21-5;1-5-6-8(2)7-10(11(13)14)9(3)12(15)16-4;1-6-11(3,4)8(9(12)13)7(2)10(14)15-5/h8,10,14-15H,6-7,9,11H2,1-5H3,(H,19,20);8-10H,5-7H2,1-4H3,(H,13,14);7-8H,6H2,1-5H3,(H,12,13)/b12-8+,13-10+;;. The van der Waals surface area contributed by atoms with Crippen molar-refractivity contribution in [3.63, 3.8) is 0 Å². The lowest BCUT2D eigenvalue weighted by Gasteiger charge is -2.33. The van der Waals surface area contributed by atoms with Crippen LogP contribution in [0.25, 0.3) is 0 Å². The summed E-state index contributed by atoms with van der Waals surface area (Å²) in [5.41, 5.74) is 2.10. The molecule has 52 heavy (non-hydrogen) atoms. The molecule has 0 aliphatic heterocycles. The first kappa shape index (κ1) is 52.7. The van der Waals surface area contributed by atoms with Gasteiger partial charge in [0.05, 0.1) is 57.3 Å². The molecule has 7 unspecified atom stereocenters. The van der Waals surface area contributed by atoms with Crippen molar-refractivity contribution in [2.24, 2.45) is 46.8 Å². The Morgan fingerprint density at radius 2 is 1.21 bits per heavy atom. The van der Waals surface area contributed by atoms with Gasteiger partial charge >= 0.3 is 35.8 Å². The van der Waals surface area contributed by atoms with Crippen molar-refractivity contribution < 1.29 is 58.3 Å². The van der Waals surface area contributed by atoms with Crippen LogP contribution in [-0.2, 0) is 43.0 Å². The highest BCUT2D eigenvalue weighted by Gasteiger charge is 2.41. The van der Waals surface area contributed by atoms with Crippen LogP contribution in [0.4, 0.5) is 0 Å². The van der Waals surface area contributed by atoms with Gasteiger partial charge in [-0.1, -0.05) is 105 Å². The maximum absolute atomic E-state index is 11.3. The molecule has 0 heterocycles. The molecule has 0 radical (unpaired) electrons. The molecule has 0 aliphatic rings. The van der Waals surface area contributed by atoms with Gasteiger partial charge in [-0.15, -0.1) is 0 Å². The second kappa shape index (κ2) is 27.9. The highest BCUT2D eigenvalue weighted by Crippen LogP contribution is 2.36. The topological polar surface area (TPSA) is 191 Å². The number of hydrogen-bond donors (Lipinski definition) is 3. The number of allylic oxidation sites excluding steroid dienone is 4. The number of ether oxygens (including phenoxy) is 3. The fourth-order valence-corrected chi connectivity index (χ4v) is 5.78. The summed E-state index contributed by atoms with van der Waals surface area (Å²) in [6.45, 7) is 21.0. The molecule has 0 bridgehead atoms. The number of carboxylic acids is 3. The van der Waals surface area contributed by atoms with Crippen LogP contribution in [0.5, 0.6) is 0 Å². The SMILES string of the molecule is CC/C(C)=C/CC/C(C)=C/C(C)C(CC(=O)OC)C(=O)O.CCC(C)(C)C(C(=O)O)C(C)C(=O)OC.CCCC(C)CC(C(=O)O)C(C)C(=O)OC. The summed E-state index contributed by atoms with van der Waals surface area (Å²) < 4.78 is 13.7. The number of esters is 3. The Bertz CT molecular complexity index is 1170. The van der Waals surface area contributed by atoms with Gasteiger partial charge < -0.3 is 29.5 Å². The summed E-state index contributed by atoms with van der Waals surface area (Å²) >= 11 is 0. The Morgan fingerprint density at radius 1 is 0.712 bits per heavy atom. The minimum Gasteiger partial charge on any atom is -0.481 e. The summed E-state index contributed by atoms with van der Waals surface area (Å²) in [4.78, 5) is 67.5. The molecule has 12 heteroatoms. The Kier molecular flexibility index (Phi) is 28.2. The molecule has 7 atom stereocenters. The molecule has 0 aromatic carbocycles. The molecule has 0 aromatic rings. The average molecular weight is 743 g/mol. The van der Waals surface area contributed by atoms with Crippen LogP contribution in [0, 0.1) is 46.8 Å². The van der Waals surface area contributed by atoms with Crippen molar-refractivity contribution in [2.45, 2.75) is 128 Å². The highest BCUT2D eigenvalue weighted by molar-refractivity contribution is 5.82. The molecule has 0 aliphatic carbocycles. The average Bonchev–Trinajstić information content (AvgIpc) is 3.08. The first-order chi connectivity index (χ1) is 24.0. The minimum absolute atomic E-state index is 0.0916. The third-order valence-electron chi connectivity index (χ3n) is 9.73. The van der Waals surface area contributed by atoms with Gasteiger partial charge in [-0.05, 0) is 56.8 Å². The zero-order valence-electron chi connectivity index (χ0n) is 34.4. The van der Waals surface area contributed by atoms with Crippen LogP contribution in [0.15, 0.2) is 23.3 Å². The van der Waals surface area contributed by atoms with E-state index in [0.717, 1.165) is 37.7 Å². The van der Waals surface area contributed by atoms with E-state index in [1.807, 2.05) is 47.6 Å². The van der Waals surface area contributed by atoms with Gasteiger partial charge in [-0.3, -0.25) is 28.8 Å². The van der Waals surface area contributed by atoms with Gasteiger partial charge in [0.2, 0.25) is 0 Å². The van der Waals surface area contributed by atoms with E-state index in [1.165, 1.54) is 26.9 Å². The summed E-state index contributed by atoms with van der Waals surface area (Å²) in [7, 11) is 3.83. The van der Waals surface area contributed by atoms with Crippen molar-refractivity contribution >= 4 is 35.8 Å². The molecule has 12 nitrogen and oxygen atoms in total. The van der Waals surface area contributed by atoms with E-state index >= 15 is 0 Å². The number of carboxylic acid groups (broad SMARTS) is 3. The Hall–Kier alpha value is -3.70. The lowest BCUT2D eigenvalue weighted by molar-refractivity contribution is -0.160. The van der Waals surface area contributed by atoms with E-state index in [0.29, 0.717) is 18.8 Å². The summed E-state index contributed by atoms with van der Waals surface area (Å²) in [6, 6.07) is 0. The van der Waals surface area contributed by atoms with E-state index in [2.05, 4.69) is 41.1 Å². The molecule has 0 amide bonds. The summed E-state index contributed by atoms with van der Waals surface area (Å²) in [5.74, 6) is -7.40. The van der Waals surface area contributed by atoms with Gasteiger partial charge in [0, 0.05) is 0 Å². The van der Waals surface area contributed by atoms with E-state index in [4.69, 9.17) is 10.2 Å². The zero-order chi connectivity index (χ0) is 41.4. The Balaban J connectivity index is -0.000000706. The summed E-state index contributed by atoms with van der Waals surface area (Å²) in [5, 5.41) is 27.5. The van der Waals surface area contributed by atoms with Crippen LogP contribution in [0.2, 0.25) is 0 Å². The second-order valence-corrected chi connectivity index (χ2v) is 14.4. The van der Waals surface area contributed by atoms with Crippen LogP contribution >= 0.6 is 0 Å². The van der Waals surface area contributed by atoms with Crippen LogP contribution in [0.1, 0.15) is 128 Å². The minimum atomic E-state index is -0.960. The fraction of sp³-hybridized carbons (Fsp3) is 0.750. The molecule has 0 fully saturated rings. The van der Waals surface area contributed by atoms with Gasteiger partial charge in [-0.2, -0.15) is 0 Å². The van der Waals surface area contributed by atoms with Gasteiger partial charge in [-0.25, -0.2) is 0 Å². The fourth-order valence-electron chi connectivity index (χ4n) is 5.78. The van der Waals surface area contributed by atoms with E-state index in [9.17, 15) is 33.9 Å². The maximum atomic E-state index is 11.3. The van der Waals surface area contributed by atoms with Crippen molar-refractivity contribution in [1.82, 2.24) is 0 Å². The number of carbonyl (C=O) groups is 6. The molecule has 0 aromatic heterocycles. The molecule has 0 saturated heterocycles. The lowest BCUT2D eigenvalue weighted by Crippen LogP contribution is -2.39. The van der Waals surface area contributed by atoms with Crippen LogP contribution in [0.3, 0.4) is 0 Å². The van der Waals surface area contributed by atoms with E-state index in [-0.39, 0.29) is 12.3 Å². The largest absolute Gasteiger partial charge is 0.481 e. The predicted molar refractivity (Wildman–Crippen MR) is 201 cm³/mol. The number of hydrogen-bond acceptors (Lipinski definition) is 9. The van der Waals surface area contributed by atoms with Crippen molar-refractivity contribution in [1.29, 1.82) is 0 Å². The number of rotatable bonds is 21. The maximum Gasteiger partial charge on any atom is 0.309 e. The van der Waals surface area contributed by atoms with Crippen LogP contribution < -0.4 is 0 Å². The first-order valence-electron chi connectivity index (χ1n) is 18.3. The highest BCUT2D eigenvalue weighted by atomic mass is 16.5. The lowest BCUT2D eigenvalue weighted by atomic mass is 9.71. The van der Waals surface area contributed by atoms with Gasteiger partial charge in [0.1, 0.15) is 0 Å². The summed E-state index contributed by atoms with van der Waals surface area (Å²) in [6.07, 6.45) is 10.2. The predicted octanol–water partition coefficient (Wildman–Crippen LogP) is 8.22. The first-order valence-corrected chi connectivity index (χ1v) is 18.3. The van der Waals surface area contributed by atoms with Gasteiger partial charge in [0.25, 0.3) is 0 Å². The normalized spacial score (nSPS) is 15.7. The quantitative estimate of drug-likeness (QED) is 0.0581. The van der Waals surface area contributed by atoms with E-state index < -0.39 is 70.8 Å². The van der Waals surface area contributed by atoms with Crippen molar-refractivity contribution in [3.05, 3.63) is 23.3 Å². The van der Waals surface area contributed by atoms with Gasteiger partial charge in [0.15, 0.2) is 0 Å². The van der Waals surface area contributed by atoms with Crippen LogP contribution in [-0.4, -0.2) is 72.5 Å². The Labute approximate surface area is 312 Å². The number of carbonyl (C=O) groups excluding carboxylic acids is 3. The molecule has 0 spiro atoms. The smallest absolute Gasteiger partial charge is 0.309 e. The van der Waals surface area contributed by atoms with E-state index in [1.54, 1.807) is 13.8 Å². The zero-order valence-corrected chi connectivity index (χ0v) is 34.4. The third-order valence-corrected chi connectivity index (χ3v) is 9.73. The number of methoxy groups -OCH3 is 3. The van der Waals surface area contributed by atoms with Crippen molar-refractivity contribution in [3.8, 4) is 0 Å². The molecule has 0 saturated carbocycles. The molecular weight excluding hydrogens is 672 g/mol.